The first-order valence-electron chi connectivity index (χ1n) is 10.00. The van der Waals surface area contributed by atoms with E-state index in [-0.39, 0.29) is 25.0 Å². The summed E-state index contributed by atoms with van der Waals surface area (Å²) in [5.41, 5.74) is 0.668. The lowest BCUT2D eigenvalue weighted by Crippen LogP contribution is -2.42. The summed E-state index contributed by atoms with van der Waals surface area (Å²) < 4.78 is 16.7. The Morgan fingerprint density at radius 3 is 2.63 bits per heavy atom. The molecule has 7 heteroatoms. The number of anilines is 2. The Labute approximate surface area is 176 Å². The van der Waals surface area contributed by atoms with Crippen LogP contribution in [0.25, 0.3) is 0 Å². The molecular weight excluding hydrogens is 384 g/mol. The molecule has 0 saturated carbocycles. The maximum atomic E-state index is 12.9. The number of para-hydroxylation sites is 2. The number of ether oxygens (including phenoxy) is 3. The normalized spacial score (nSPS) is 14.9. The molecule has 0 spiro atoms. The number of rotatable bonds is 7. The van der Waals surface area contributed by atoms with E-state index in [1.165, 1.54) is 0 Å². The van der Waals surface area contributed by atoms with Crippen LogP contribution in [-0.2, 0) is 9.59 Å². The summed E-state index contributed by atoms with van der Waals surface area (Å²) in [6.07, 6.45) is 0.833. The van der Waals surface area contributed by atoms with Crippen LogP contribution in [0.15, 0.2) is 42.5 Å². The van der Waals surface area contributed by atoms with Gasteiger partial charge >= 0.3 is 0 Å². The first-order chi connectivity index (χ1) is 14.4. The first kappa shape index (κ1) is 21.5. The fraction of sp³-hybridized carbons (Fsp3) is 0.391. The van der Waals surface area contributed by atoms with Gasteiger partial charge in [-0.05, 0) is 44.5 Å². The molecule has 0 unspecified atom stereocenters. The molecule has 3 rings (SSSR count). The summed E-state index contributed by atoms with van der Waals surface area (Å²) in [6, 6.07) is 12.5. The second-order valence-corrected chi connectivity index (χ2v) is 7.80. The zero-order valence-electron chi connectivity index (χ0n) is 17.9. The van der Waals surface area contributed by atoms with Gasteiger partial charge in [0.25, 0.3) is 5.91 Å². The van der Waals surface area contributed by atoms with E-state index in [2.05, 4.69) is 5.32 Å². The number of hydrogen-bond acceptors (Lipinski definition) is 5. The third-order valence-corrected chi connectivity index (χ3v) is 4.82. The van der Waals surface area contributed by atoms with Gasteiger partial charge in [-0.2, -0.15) is 0 Å². The maximum absolute atomic E-state index is 12.9. The second kappa shape index (κ2) is 9.07. The average molecular weight is 412 g/mol. The van der Waals surface area contributed by atoms with E-state index in [4.69, 9.17) is 14.2 Å². The zero-order chi connectivity index (χ0) is 21.7. The minimum Gasteiger partial charge on any atom is -0.493 e. The largest absolute Gasteiger partial charge is 0.493 e. The van der Waals surface area contributed by atoms with E-state index in [0.717, 1.165) is 12.1 Å². The summed E-state index contributed by atoms with van der Waals surface area (Å²) in [4.78, 5) is 27.0. The van der Waals surface area contributed by atoms with Crippen molar-refractivity contribution in [1.82, 2.24) is 0 Å². The molecule has 0 radical (unpaired) electrons. The smallest absolute Gasteiger partial charge is 0.262 e. The Hall–Kier alpha value is -3.22. The third kappa shape index (κ3) is 4.67. The van der Waals surface area contributed by atoms with Crippen LogP contribution in [0, 0.1) is 5.41 Å². The highest BCUT2D eigenvalue weighted by Gasteiger charge is 2.37. The van der Waals surface area contributed by atoms with E-state index >= 15 is 0 Å². The lowest BCUT2D eigenvalue weighted by molar-refractivity contribution is -0.127. The van der Waals surface area contributed by atoms with Gasteiger partial charge in [0.05, 0.1) is 18.2 Å². The Morgan fingerprint density at radius 2 is 1.93 bits per heavy atom. The Kier molecular flexibility index (Phi) is 6.50. The van der Waals surface area contributed by atoms with Crippen LogP contribution in [0.4, 0.5) is 11.4 Å². The summed E-state index contributed by atoms with van der Waals surface area (Å²) in [5, 5.41) is 2.81. The molecule has 7 nitrogen and oxygen atoms in total. The maximum Gasteiger partial charge on any atom is 0.262 e. The lowest BCUT2D eigenvalue weighted by atomic mass is 9.93. The lowest BCUT2D eigenvalue weighted by Gasteiger charge is -2.27. The molecule has 0 atom stereocenters. The van der Waals surface area contributed by atoms with Crippen molar-refractivity contribution in [3.8, 4) is 17.2 Å². The number of methoxy groups -OCH3 is 1. The van der Waals surface area contributed by atoms with Crippen molar-refractivity contribution >= 4 is 23.2 Å². The van der Waals surface area contributed by atoms with Gasteiger partial charge in [-0.15, -0.1) is 0 Å². The molecule has 0 fully saturated rings. The van der Waals surface area contributed by atoms with Gasteiger partial charge in [0, 0.05) is 18.3 Å². The summed E-state index contributed by atoms with van der Waals surface area (Å²) in [6.45, 7) is 6.50. The van der Waals surface area contributed by atoms with Crippen molar-refractivity contribution in [2.24, 2.45) is 5.41 Å². The number of carbonyl (C=O) groups excluding carboxylic acids is 2. The van der Waals surface area contributed by atoms with Gasteiger partial charge in [-0.3, -0.25) is 9.59 Å². The number of fused-ring (bicyclic) bond motifs is 1. The van der Waals surface area contributed by atoms with Crippen molar-refractivity contribution in [3.05, 3.63) is 42.5 Å². The number of nitrogens with zero attached hydrogens (tertiary/aromatic N) is 1. The Bertz CT molecular complexity index is 926. The van der Waals surface area contributed by atoms with E-state index in [0.29, 0.717) is 29.5 Å². The molecule has 0 bridgehead atoms. The highest BCUT2D eigenvalue weighted by molar-refractivity contribution is 6.00. The molecule has 1 aliphatic rings. The van der Waals surface area contributed by atoms with Crippen LogP contribution in [0.5, 0.6) is 17.2 Å². The monoisotopic (exact) mass is 412 g/mol. The SMILES string of the molecule is CCCN1C(=O)C(C)(C)COc2cc(NC(=O)COc3ccccc3OC)ccc21. The zero-order valence-corrected chi connectivity index (χ0v) is 17.9. The van der Waals surface area contributed by atoms with Crippen molar-refractivity contribution in [3.63, 3.8) is 0 Å². The molecule has 30 heavy (non-hydrogen) atoms. The fourth-order valence-corrected chi connectivity index (χ4v) is 3.25. The Morgan fingerprint density at radius 1 is 1.20 bits per heavy atom. The standard InChI is InChI=1S/C23H28N2O5/c1-5-12-25-17-11-10-16(13-20(17)30-15-23(2,3)22(25)27)24-21(26)14-29-19-9-7-6-8-18(19)28-4/h6-11,13H,5,12,14-15H2,1-4H3,(H,24,26). The van der Waals surface area contributed by atoms with E-state index < -0.39 is 5.41 Å². The fourth-order valence-electron chi connectivity index (χ4n) is 3.25. The predicted octanol–water partition coefficient (Wildman–Crippen LogP) is 3.87. The summed E-state index contributed by atoms with van der Waals surface area (Å²) in [5.74, 6) is 1.36. The third-order valence-electron chi connectivity index (χ3n) is 4.82. The Balaban J connectivity index is 1.72. The van der Waals surface area contributed by atoms with Gasteiger partial charge in [0.15, 0.2) is 18.1 Å². The van der Waals surface area contributed by atoms with Crippen molar-refractivity contribution in [1.29, 1.82) is 0 Å². The number of hydrogen-bond donors (Lipinski definition) is 1. The minimum atomic E-state index is -0.625. The summed E-state index contributed by atoms with van der Waals surface area (Å²) in [7, 11) is 1.55. The topological polar surface area (TPSA) is 77.1 Å². The predicted molar refractivity (Wildman–Crippen MR) is 115 cm³/mol. The van der Waals surface area contributed by atoms with Crippen LogP contribution < -0.4 is 24.4 Å². The molecule has 160 valence electrons. The van der Waals surface area contributed by atoms with Crippen LogP contribution >= 0.6 is 0 Å². The summed E-state index contributed by atoms with van der Waals surface area (Å²) >= 11 is 0. The van der Waals surface area contributed by atoms with Gasteiger partial charge in [0.1, 0.15) is 12.4 Å². The van der Waals surface area contributed by atoms with Crippen molar-refractivity contribution < 1.29 is 23.8 Å². The molecule has 0 aromatic heterocycles. The number of benzene rings is 2. The molecule has 2 aromatic rings. The molecular formula is C23H28N2O5. The first-order valence-corrected chi connectivity index (χ1v) is 10.00. The quantitative estimate of drug-likeness (QED) is 0.747. The van der Waals surface area contributed by atoms with E-state index in [1.807, 2.05) is 32.9 Å². The van der Waals surface area contributed by atoms with Gasteiger partial charge in [-0.25, -0.2) is 0 Å². The van der Waals surface area contributed by atoms with Gasteiger partial charge in [0.2, 0.25) is 5.91 Å². The number of nitrogens with one attached hydrogen (secondary N) is 1. The number of carbonyl (C=O) groups is 2. The molecule has 2 amide bonds. The van der Waals surface area contributed by atoms with Gasteiger partial charge in [-0.1, -0.05) is 19.1 Å². The van der Waals surface area contributed by atoms with E-state index in [9.17, 15) is 9.59 Å². The van der Waals surface area contributed by atoms with Crippen LogP contribution in [0.3, 0.4) is 0 Å². The number of amides is 2. The molecule has 1 aliphatic heterocycles. The highest BCUT2D eigenvalue weighted by Crippen LogP contribution is 2.38. The van der Waals surface area contributed by atoms with Crippen LogP contribution in [0.1, 0.15) is 27.2 Å². The molecule has 0 aliphatic carbocycles. The van der Waals surface area contributed by atoms with Crippen LogP contribution in [0.2, 0.25) is 0 Å². The average Bonchev–Trinajstić information content (AvgIpc) is 2.83. The molecule has 1 N–H and O–H groups in total. The van der Waals surface area contributed by atoms with E-state index in [1.54, 1.807) is 42.3 Å². The molecule has 1 heterocycles. The van der Waals surface area contributed by atoms with Crippen LogP contribution in [-0.4, -0.2) is 38.7 Å². The molecule has 0 saturated heterocycles. The van der Waals surface area contributed by atoms with Crippen molar-refractivity contribution in [2.75, 3.05) is 37.1 Å². The highest BCUT2D eigenvalue weighted by atomic mass is 16.5. The van der Waals surface area contributed by atoms with Crippen molar-refractivity contribution in [2.45, 2.75) is 27.2 Å². The second-order valence-electron chi connectivity index (χ2n) is 7.80. The minimum absolute atomic E-state index is 0.0325. The van der Waals surface area contributed by atoms with Gasteiger partial charge < -0.3 is 24.4 Å². The molecule has 2 aromatic carbocycles.